The van der Waals surface area contributed by atoms with Crippen LogP contribution in [0.25, 0.3) is 11.0 Å². The first-order valence-corrected chi connectivity index (χ1v) is 7.93. The molecule has 0 spiro atoms. The first-order chi connectivity index (χ1) is 12.1. The van der Waals surface area contributed by atoms with E-state index < -0.39 is 5.91 Å². The molecular weight excluding hydrogens is 346 g/mol. The zero-order valence-corrected chi connectivity index (χ0v) is 13.6. The van der Waals surface area contributed by atoms with Crippen LogP contribution in [-0.2, 0) is 0 Å². The number of halogens is 1. The molecule has 1 amide bonds. The van der Waals surface area contributed by atoms with E-state index in [0.29, 0.717) is 46.4 Å². The summed E-state index contributed by atoms with van der Waals surface area (Å²) in [5.74, 6) is 0.327. The zero-order chi connectivity index (χ0) is 17.4. The van der Waals surface area contributed by atoms with Crippen LogP contribution in [-0.4, -0.2) is 19.1 Å². The third kappa shape index (κ3) is 2.92. The number of ether oxygens (including phenoxy) is 2. The lowest BCUT2D eigenvalue weighted by Crippen LogP contribution is -2.17. The highest BCUT2D eigenvalue weighted by atomic mass is 35.5. The summed E-state index contributed by atoms with van der Waals surface area (Å²) in [6, 6.07) is 11.0. The van der Waals surface area contributed by atoms with Crippen LogP contribution in [0.4, 0.5) is 5.69 Å². The molecule has 2 aromatic carbocycles. The number of fused-ring (bicyclic) bond motifs is 2. The smallest absolute Gasteiger partial charge is 0.291 e. The number of hydrogen-bond donors (Lipinski definition) is 1. The van der Waals surface area contributed by atoms with Crippen LogP contribution >= 0.6 is 11.6 Å². The van der Waals surface area contributed by atoms with Crippen molar-refractivity contribution < 1.29 is 18.7 Å². The number of nitrogens with one attached hydrogen (secondary N) is 1. The molecule has 0 atom stereocenters. The summed E-state index contributed by atoms with van der Waals surface area (Å²) in [5, 5.41) is 3.34. The van der Waals surface area contributed by atoms with Crippen LogP contribution in [0.2, 0.25) is 5.02 Å². The minimum Gasteiger partial charge on any atom is -0.486 e. The van der Waals surface area contributed by atoms with Gasteiger partial charge in [-0.2, -0.15) is 0 Å². The Labute approximate surface area is 146 Å². The van der Waals surface area contributed by atoms with Gasteiger partial charge in [-0.25, -0.2) is 0 Å². The highest BCUT2D eigenvalue weighted by Crippen LogP contribution is 2.38. The van der Waals surface area contributed by atoms with Crippen molar-refractivity contribution in [3.63, 3.8) is 0 Å². The lowest BCUT2D eigenvalue weighted by atomic mass is 10.2. The Morgan fingerprint density at radius 2 is 1.76 bits per heavy atom. The molecule has 1 aliphatic heterocycles. The van der Waals surface area contributed by atoms with Gasteiger partial charge in [-0.3, -0.25) is 9.59 Å². The largest absolute Gasteiger partial charge is 0.486 e. The predicted octanol–water partition coefficient (Wildman–Crippen LogP) is 3.47. The SMILES string of the molecule is O=C(Nc1cc2c(cc1Cl)OCCO2)c1cc(=O)c2ccccc2o1. The van der Waals surface area contributed by atoms with Crippen LogP contribution in [0, 0.1) is 0 Å². The van der Waals surface area contributed by atoms with Gasteiger partial charge in [-0.05, 0) is 12.1 Å². The number of anilines is 1. The van der Waals surface area contributed by atoms with Crippen molar-refractivity contribution in [1.82, 2.24) is 0 Å². The molecule has 0 radical (unpaired) electrons. The van der Waals surface area contributed by atoms with E-state index in [2.05, 4.69) is 5.32 Å². The van der Waals surface area contributed by atoms with E-state index in [1.54, 1.807) is 36.4 Å². The third-order valence-electron chi connectivity index (χ3n) is 3.74. The molecule has 0 fully saturated rings. The second-order valence-electron chi connectivity index (χ2n) is 5.40. The molecule has 0 bridgehead atoms. The summed E-state index contributed by atoms with van der Waals surface area (Å²) >= 11 is 6.18. The normalized spacial score (nSPS) is 12.8. The van der Waals surface area contributed by atoms with E-state index >= 15 is 0 Å². The van der Waals surface area contributed by atoms with Crippen LogP contribution in [0.5, 0.6) is 11.5 Å². The van der Waals surface area contributed by atoms with Crippen molar-refractivity contribution >= 4 is 34.2 Å². The number of para-hydroxylation sites is 1. The fourth-order valence-corrected chi connectivity index (χ4v) is 2.76. The number of hydrogen-bond acceptors (Lipinski definition) is 5. The third-order valence-corrected chi connectivity index (χ3v) is 4.05. The van der Waals surface area contributed by atoms with Crippen LogP contribution in [0.3, 0.4) is 0 Å². The molecule has 126 valence electrons. The van der Waals surface area contributed by atoms with Gasteiger partial charge in [0.2, 0.25) is 0 Å². The van der Waals surface area contributed by atoms with E-state index in [4.69, 9.17) is 25.5 Å². The van der Waals surface area contributed by atoms with Crippen molar-refractivity contribution in [3.05, 3.63) is 63.5 Å². The molecule has 0 unspecified atom stereocenters. The Kier molecular flexibility index (Phi) is 3.82. The summed E-state index contributed by atoms with van der Waals surface area (Å²) in [7, 11) is 0. The molecule has 2 heterocycles. The molecule has 1 N–H and O–H groups in total. The molecule has 0 aliphatic carbocycles. The van der Waals surface area contributed by atoms with Crippen molar-refractivity contribution in [3.8, 4) is 11.5 Å². The van der Waals surface area contributed by atoms with Crippen LogP contribution < -0.4 is 20.2 Å². The van der Waals surface area contributed by atoms with Gasteiger partial charge in [-0.15, -0.1) is 0 Å². The Morgan fingerprint density at radius 3 is 2.56 bits per heavy atom. The van der Waals surface area contributed by atoms with Crippen molar-refractivity contribution in [2.24, 2.45) is 0 Å². The Morgan fingerprint density at radius 1 is 1.04 bits per heavy atom. The fourth-order valence-electron chi connectivity index (χ4n) is 2.56. The van der Waals surface area contributed by atoms with E-state index in [-0.39, 0.29) is 11.2 Å². The number of rotatable bonds is 2. The molecular formula is C18H12ClNO5. The minimum absolute atomic E-state index is 0.102. The van der Waals surface area contributed by atoms with Crippen LogP contribution in [0.15, 0.2) is 51.7 Å². The van der Waals surface area contributed by atoms with E-state index in [1.165, 1.54) is 0 Å². The lowest BCUT2D eigenvalue weighted by molar-refractivity contribution is 0.0997. The summed E-state index contributed by atoms with van der Waals surface area (Å²) in [6.07, 6.45) is 0. The molecule has 6 nitrogen and oxygen atoms in total. The molecule has 7 heteroatoms. The molecule has 25 heavy (non-hydrogen) atoms. The van der Waals surface area contributed by atoms with E-state index in [0.717, 1.165) is 6.07 Å². The average Bonchev–Trinajstić information content (AvgIpc) is 2.62. The second-order valence-corrected chi connectivity index (χ2v) is 5.81. The molecule has 4 rings (SSSR count). The summed E-state index contributed by atoms with van der Waals surface area (Å²) < 4.78 is 16.4. The maximum atomic E-state index is 12.5. The van der Waals surface area contributed by atoms with Gasteiger partial charge in [0.15, 0.2) is 22.7 Å². The fraction of sp³-hybridized carbons (Fsp3) is 0.111. The summed E-state index contributed by atoms with van der Waals surface area (Å²) in [5.41, 5.74) is 0.389. The molecule has 1 aromatic heterocycles. The van der Waals surface area contributed by atoms with Gasteiger partial charge in [-0.1, -0.05) is 23.7 Å². The van der Waals surface area contributed by atoms with Gasteiger partial charge >= 0.3 is 0 Å². The number of carbonyl (C=O) groups excluding carboxylic acids is 1. The van der Waals surface area contributed by atoms with Gasteiger partial charge in [0.05, 0.1) is 16.1 Å². The highest BCUT2D eigenvalue weighted by Gasteiger charge is 2.18. The highest BCUT2D eigenvalue weighted by molar-refractivity contribution is 6.34. The Hall–Kier alpha value is -2.99. The Bertz CT molecular complexity index is 1040. The lowest BCUT2D eigenvalue weighted by Gasteiger charge is -2.19. The molecule has 3 aromatic rings. The van der Waals surface area contributed by atoms with Gasteiger partial charge in [0.25, 0.3) is 5.91 Å². The van der Waals surface area contributed by atoms with Gasteiger partial charge in [0.1, 0.15) is 18.8 Å². The molecule has 1 aliphatic rings. The molecule has 0 saturated heterocycles. The van der Waals surface area contributed by atoms with Crippen LogP contribution in [0.1, 0.15) is 10.6 Å². The Balaban J connectivity index is 1.67. The standard InChI is InChI=1S/C18H12ClNO5/c19-11-7-15-16(24-6-5-23-15)8-12(11)20-18(22)17-9-13(21)10-3-1-2-4-14(10)25-17/h1-4,7-9H,5-6H2,(H,20,22). The monoisotopic (exact) mass is 357 g/mol. The average molecular weight is 358 g/mol. The summed E-state index contributed by atoms with van der Waals surface area (Å²) in [6.45, 7) is 0.860. The van der Waals surface area contributed by atoms with Gasteiger partial charge in [0, 0.05) is 18.2 Å². The first-order valence-electron chi connectivity index (χ1n) is 7.55. The quantitative estimate of drug-likeness (QED) is 0.759. The second kappa shape index (κ2) is 6.14. The number of benzene rings is 2. The first kappa shape index (κ1) is 15.5. The van der Waals surface area contributed by atoms with Crippen molar-refractivity contribution in [2.45, 2.75) is 0 Å². The maximum absolute atomic E-state index is 12.5. The molecule has 0 saturated carbocycles. The van der Waals surface area contributed by atoms with E-state index in [1.807, 2.05) is 0 Å². The van der Waals surface area contributed by atoms with Gasteiger partial charge < -0.3 is 19.2 Å². The number of amides is 1. The topological polar surface area (TPSA) is 77.8 Å². The number of carbonyl (C=O) groups is 1. The van der Waals surface area contributed by atoms with Crippen molar-refractivity contribution in [1.29, 1.82) is 0 Å². The van der Waals surface area contributed by atoms with Crippen molar-refractivity contribution in [2.75, 3.05) is 18.5 Å². The minimum atomic E-state index is -0.582. The zero-order valence-electron chi connectivity index (χ0n) is 12.9. The summed E-state index contributed by atoms with van der Waals surface area (Å²) in [4.78, 5) is 24.6. The predicted molar refractivity (Wildman–Crippen MR) is 92.9 cm³/mol. The maximum Gasteiger partial charge on any atom is 0.291 e. The van der Waals surface area contributed by atoms with E-state index in [9.17, 15) is 9.59 Å².